The summed E-state index contributed by atoms with van der Waals surface area (Å²) in [4.78, 5) is 21.9. The van der Waals surface area contributed by atoms with Gasteiger partial charge in [-0.25, -0.2) is 4.79 Å². The number of halogens is 1. The van der Waals surface area contributed by atoms with Gasteiger partial charge in [0.2, 0.25) is 0 Å². The van der Waals surface area contributed by atoms with Crippen molar-refractivity contribution in [1.82, 2.24) is 4.90 Å². The molecule has 0 saturated carbocycles. The van der Waals surface area contributed by atoms with Crippen molar-refractivity contribution in [3.05, 3.63) is 0 Å². The zero-order valence-corrected chi connectivity index (χ0v) is 7.53. The normalized spacial score (nSPS) is 26.7. The second kappa shape index (κ2) is 4.29. The summed E-state index contributed by atoms with van der Waals surface area (Å²) in [6.45, 7) is 0.0954. The van der Waals surface area contributed by atoms with Crippen LogP contribution in [0.1, 0.15) is 0 Å². The number of aliphatic carboxylic acids is 1. The highest BCUT2D eigenvalue weighted by Gasteiger charge is 2.37. The number of amides is 1. The van der Waals surface area contributed by atoms with Gasteiger partial charge in [-0.15, -0.1) is 12.4 Å². The van der Waals surface area contributed by atoms with Crippen LogP contribution in [0.4, 0.5) is 4.79 Å². The lowest BCUT2D eigenvalue weighted by molar-refractivity contribution is -0.141. The van der Waals surface area contributed by atoms with Crippen LogP contribution in [0.2, 0.25) is 0 Å². The van der Waals surface area contributed by atoms with E-state index in [2.05, 4.69) is 0 Å². The average Bonchev–Trinajstić information content (AvgIpc) is 2.30. The van der Waals surface area contributed by atoms with Crippen molar-refractivity contribution in [3.8, 4) is 0 Å². The van der Waals surface area contributed by atoms with Crippen LogP contribution in [-0.4, -0.2) is 46.3 Å². The maximum Gasteiger partial charge on any atom is 0.407 e. The van der Waals surface area contributed by atoms with Crippen LogP contribution in [0, 0.1) is 5.92 Å². The molecule has 2 unspecified atom stereocenters. The zero-order chi connectivity index (χ0) is 9.30. The van der Waals surface area contributed by atoms with E-state index in [9.17, 15) is 9.59 Å². The smallest absolute Gasteiger partial charge is 0.407 e. The van der Waals surface area contributed by atoms with Gasteiger partial charge < -0.3 is 20.8 Å². The van der Waals surface area contributed by atoms with Crippen molar-refractivity contribution in [2.75, 3.05) is 13.1 Å². The Bertz CT molecular complexity index is 223. The first-order chi connectivity index (χ1) is 5.52. The second-order valence-electron chi connectivity index (χ2n) is 2.80. The average molecular weight is 211 g/mol. The molecule has 1 amide bonds. The Hall–Kier alpha value is -1.01. The third kappa shape index (κ3) is 2.46. The topological polar surface area (TPSA) is 104 Å². The highest BCUT2D eigenvalue weighted by atomic mass is 35.5. The van der Waals surface area contributed by atoms with Crippen LogP contribution >= 0.6 is 12.4 Å². The summed E-state index contributed by atoms with van der Waals surface area (Å²) in [7, 11) is 0. The molecule has 1 aliphatic heterocycles. The first-order valence-electron chi connectivity index (χ1n) is 3.48. The third-order valence-electron chi connectivity index (χ3n) is 1.95. The number of carboxylic acids is 1. The second-order valence-corrected chi connectivity index (χ2v) is 2.80. The molecular formula is C6H11ClN2O4. The Morgan fingerprint density at radius 1 is 1.31 bits per heavy atom. The number of nitrogens with zero attached hydrogens (tertiary/aromatic N) is 1. The number of carbonyl (C=O) groups is 2. The molecule has 13 heavy (non-hydrogen) atoms. The molecule has 0 spiro atoms. The zero-order valence-electron chi connectivity index (χ0n) is 6.71. The predicted octanol–water partition coefficient (Wildman–Crippen LogP) is -0.570. The highest BCUT2D eigenvalue weighted by molar-refractivity contribution is 5.85. The summed E-state index contributed by atoms with van der Waals surface area (Å²) in [5.41, 5.74) is 5.42. The molecule has 7 heteroatoms. The molecule has 4 N–H and O–H groups in total. The van der Waals surface area contributed by atoms with E-state index < -0.39 is 24.0 Å². The van der Waals surface area contributed by atoms with E-state index in [0.29, 0.717) is 0 Å². The number of hydrogen-bond acceptors (Lipinski definition) is 3. The molecule has 0 bridgehead atoms. The van der Waals surface area contributed by atoms with Crippen molar-refractivity contribution in [2.24, 2.45) is 11.7 Å². The molecule has 1 saturated heterocycles. The van der Waals surface area contributed by atoms with Crippen LogP contribution < -0.4 is 5.73 Å². The van der Waals surface area contributed by atoms with E-state index in [0.717, 1.165) is 4.90 Å². The van der Waals surface area contributed by atoms with E-state index in [4.69, 9.17) is 15.9 Å². The molecule has 2 atom stereocenters. The maximum absolute atomic E-state index is 10.5. The summed E-state index contributed by atoms with van der Waals surface area (Å²) < 4.78 is 0. The monoisotopic (exact) mass is 210 g/mol. The van der Waals surface area contributed by atoms with Gasteiger partial charge in [0, 0.05) is 19.1 Å². The fourth-order valence-electron chi connectivity index (χ4n) is 1.25. The summed E-state index contributed by atoms with van der Waals surface area (Å²) in [6.07, 6.45) is -1.12. The molecule has 0 aliphatic carbocycles. The molecule has 0 radical (unpaired) electrons. The summed E-state index contributed by atoms with van der Waals surface area (Å²) in [6, 6.07) is -0.585. The standard InChI is InChI=1S/C6H10N2O4.ClH/c7-4-2-8(6(11)12)1-3(4)5(9)10;/h3-4H,1-2,7H2,(H,9,10)(H,11,12);1H. The number of nitrogens with two attached hydrogens (primary N) is 1. The van der Waals surface area contributed by atoms with E-state index in [1.807, 2.05) is 0 Å². The lowest BCUT2D eigenvalue weighted by atomic mass is 10.1. The van der Waals surface area contributed by atoms with Crippen molar-refractivity contribution in [3.63, 3.8) is 0 Å². The fraction of sp³-hybridized carbons (Fsp3) is 0.667. The summed E-state index contributed by atoms with van der Waals surface area (Å²) >= 11 is 0. The molecule has 6 nitrogen and oxygen atoms in total. The fourth-order valence-corrected chi connectivity index (χ4v) is 1.25. The van der Waals surface area contributed by atoms with Gasteiger partial charge in [0.15, 0.2) is 0 Å². The highest BCUT2D eigenvalue weighted by Crippen LogP contribution is 2.15. The third-order valence-corrected chi connectivity index (χ3v) is 1.95. The van der Waals surface area contributed by atoms with Gasteiger partial charge >= 0.3 is 12.1 Å². The molecular weight excluding hydrogens is 200 g/mol. The largest absolute Gasteiger partial charge is 0.481 e. The number of rotatable bonds is 1. The van der Waals surface area contributed by atoms with E-state index in [1.165, 1.54) is 0 Å². The molecule has 1 fully saturated rings. The van der Waals surface area contributed by atoms with Crippen molar-refractivity contribution in [1.29, 1.82) is 0 Å². The van der Waals surface area contributed by atoms with Crippen LogP contribution in [-0.2, 0) is 4.79 Å². The van der Waals surface area contributed by atoms with Crippen molar-refractivity contribution >= 4 is 24.5 Å². The van der Waals surface area contributed by atoms with Crippen LogP contribution in [0.15, 0.2) is 0 Å². The minimum absolute atomic E-state index is 0. The van der Waals surface area contributed by atoms with Gasteiger partial charge in [-0.1, -0.05) is 0 Å². The first kappa shape index (κ1) is 12.0. The van der Waals surface area contributed by atoms with Gasteiger partial charge in [-0.05, 0) is 0 Å². The van der Waals surface area contributed by atoms with Crippen LogP contribution in [0.3, 0.4) is 0 Å². The number of hydrogen-bond donors (Lipinski definition) is 3. The summed E-state index contributed by atoms with van der Waals surface area (Å²) in [5.74, 6) is -1.80. The van der Waals surface area contributed by atoms with Gasteiger partial charge in [0.1, 0.15) is 0 Å². The van der Waals surface area contributed by atoms with E-state index >= 15 is 0 Å². The Morgan fingerprint density at radius 2 is 1.85 bits per heavy atom. The van der Waals surface area contributed by atoms with Crippen molar-refractivity contribution in [2.45, 2.75) is 6.04 Å². The minimum atomic E-state index is -1.12. The van der Waals surface area contributed by atoms with Crippen LogP contribution in [0.25, 0.3) is 0 Å². The lowest BCUT2D eigenvalue weighted by Crippen LogP contribution is -2.34. The molecule has 76 valence electrons. The SMILES string of the molecule is Cl.NC1CN(C(=O)O)CC1C(=O)O. The Labute approximate surface area is 80.7 Å². The number of carboxylic acid groups (broad SMARTS) is 2. The van der Waals surface area contributed by atoms with Crippen LogP contribution in [0.5, 0.6) is 0 Å². The lowest BCUT2D eigenvalue weighted by Gasteiger charge is -2.08. The van der Waals surface area contributed by atoms with E-state index in [-0.39, 0.29) is 25.5 Å². The Kier molecular flexibility index (Phi) is 3.96. The molecule has 0 aromatic rings. The molecule has 0 aromatic carbocycles. The molecule has 1 aliphatic rings. The van der Waals surface area contributed by atoms with Gasteiger partial charge in [0.05, 0.1) is 5.92 Å². The quantitative estimate of drug-likeness (QED) is 0.538. The molecule has 1 rings (SSSR count). The molecule has 1 heterocycles. The Balaban J connectivity index is 0.00000144. The molecule has 0 aromatic heterocycles. The maximum atomic E-state index is 10.5. The minimum Gasteiger partial charge on any atom is -0.481 e. The van der Waals surface area contributed by atoms with Crippen molar-refractivity contribution < 1.29 is 19.8 Å². The summed E-state index contributed by atoms with van der Waals surface area (Å²) in [5, 5.41) is 17.1. The van der Waals surface area contributed by atoms with Gasteiger partial charge in [-0.2, -0.15) is 0 Å². The van der Waals surface area contributed by atoms with Gasteiger partial charge in [0.25, 0.3) is 0 Å². The Morgan fingerprint density at radius 3 is 2.08 bits per heavy atom. The number of likely N-dealkylation sites (tertiary alicyclic amines) is 1. The van der Waals surface area contributed by atoms with E-state index in [1.54, 1.807) is 0 Å². The predicted molar refractivity (Wildman–Crippen MR) is 45.9 cm³/mol. The first-order valence-corrected chi connectivity index (χ1v) is 3.48. The van der Waals surface area contributed by atoms with Gasteiger partial charge in [-0.3, -0.25) is 4.79 Å².